The highest BCUT2D eigenvalue weighted by molar-refractivity contribution is 5.85. The number of hydrogen-bond acceptors (Lipinski definition) is 5. The maximum absolute atomic E-state index is 6.62. The molecule has 3 heterocycles. The minimum Gasteiger partial charge on any atom is -0.497 e. The number of benzene rings is 3. The van der Waals surface area contributed by atoms with Gasteiger partial charge in [0.15, 0.2) is 0 Å². The van der Waals surface area contributed by atoms with E-state index < -0.39 is 0 Å². The van der Waals surface area contributed by atoms with E-state index in [1.54, 1.807) is 13.4 Å². The zero-order chi connectivity index (χ0) is 20.8. The van der Waals surface area contributed by atoms with E-state index in [2.05, 4.69) is 39.7 Å². The van der Waals surface area contributed by atoms with Gasteiger partial charge in [-0.15, -0.1) is 0 Å². The number of rotatable bonds is 3. The molecule has 2 aliphatic rings. The molecule has 0 spiro atoms. The van der Waals surface area contributed by atoms with E-state index in [4.69, 9.17) is 9.47 Å². The van der Waals surface area contributed by atoms with Gasteiger partial charge in [0.25, 0.3) is 0 Å². The maximum Gasteiger partial charge on any atom is 0.226 e. The lowest BCUT2D eigenvalue weighted by molar-refractivity contribution is 0.222. The van der Waals surface area contributed by atoms with Crippen molar-refractivity contribution in [2.24, 2.45) is 0 Å². The van der Waals surface area contributed by atoms with Crippen LogP contribution in [0.4, 0.5) is 5.95 Å². The van der Waals surface area contributed by atoms with Crippen LogP contribution >= 0.6 is 0 Å². The van der Waals surface area contributed by atoms with Crippen LogP contribution in [0.5, 0.6) is 11.5 Å². The Morgan fingerprint density at radius 2 is 1.74 bits per heavy atom. The fourth-order valence-corrected chi connectivity index (χ4v) is 4.45. The van der Waals surface area contributed by atoms with Crippen molar-refractivity contribution in [3.63, 3.8) is 0 Å². The number of hydrogen-bond donors (Lipinski definition) is 1. The van der Waals surface area contributed by atoms with Gasteiger partial charge in [0, 0.05) is 16.7 Å². The molecule has 0 radical (unpaired) electrons. The Kier molecular flexibility index (Phi) is 4.02. The van der Waals surface area contributed by atoms with E-state index >= 15 is 0 Å². The van der Waals surface area contributed by atoms with E-state index in [1.807, 2.05) is 59.3 Å². The van der Waals surface area contributed by atoms with Crippen molar-refractivity contribution in [1.29, 1.82) is 0 Å². The number of anilines is 1. The van der Waals surface area contributed by atoms with Crippen molar-refractivity contribution in [3.05, 3.63) is 107 Å². The number of ether oxygens (including phenoxy) is 2. The molecule has 6 nitrogen and oxygen atoms in total. The summed E-state index contributed by atoms with van der Waals surface area (Å²) in [6.07, 6.45) is 1.28. The van der Waals surface area contributed by atoms with E-state index in [-0.39, 0.29) is 12.1 Å². The summed E-state index contributed by atoms with van der Waals surface area (Å²) in [4.78, 5) is 4.47. The maximum atomic E-state index is 6.62. The summed E-state index contributed by atoms with van der Waals surface area (Å²) in [6.45, 7) is 0. The monoisotopic (exact) mass is 408 g/mol. The largest absolute Gasteiger partial charge is 0.497 e. The molecule has 31 heavy (non-hydrogen) atoms. The minimum atomic E-state index is -0.310. The first-order valence-electron chi connectivity index (χ1n) is 10.2. The number of methoxy groups -OCH3 is 1. The molecule has 3 aromatic carbocycles. The normalized spacial score (nSPS) is 18.9. The second-order valence-electron chi connectivity index (χ2n) is 7.57. The van der Waals surface area contributed by atoms with Gasteiger partial charge in [-0.05, 0) is 29.8 Å². The molecule has 2 aliphatic heterocycles. The van der Waals surface area contributed by atoms with Gasteiger partial charge in [0.05, 0.1) is 12.8 Å². The highest BCUT2D eigenvalue weighted by Crippen LogP contribution is 2.50. The Morgan fingerprint density at radius 1 is 0.935 bits per heavy atom. The molecule has 0 amide bonds. The Hall–Kier alpha value is -4.06. The van der Waals surface area contributed by atoms with E-state index in [0.29, 0.717) is 5.95 Å². The molecule has 0 aliphatic carbocycles. The second kappa shape index (κ2) is 7.02. The Bertz CT molecular complexity index is 1300. The summed E-state index contributed by atoms with van der Waals surface area (Å²) < 4.78 is 14.0. The fraction of sp³-hybridized carbons (Fsp3) is 0.120. The number of nitrogens with zero attached hydrogens (tertiary/aromatic N) is 3. The quantitative estimate of drug-likeness (QED) is 0.525. The lowest BCUT2D eigenvalue weighted by Gasteiger charge is -2.39. The molecule has 0 saturated heterocycles. The first-order valence-corrected chi connectivity index (χ1v) is 10.2. The SMILES string of the molecule is COc1cccc(C2Oc3ccccc3C3=C2C(c2ccccc2)n2ncnc2N3)c1. The molecule has 0 bridgehead atoms. The second-order valence-corrected chi connectivity index (χ2v) is 7.57. The fourth-order valence-electron chi connectivity index (χ4n) is 4.45. The van der Waals surface area contributed by atoms with Gasteiger partial charge < -0.3 is 14.8 Å². The number of aromatic nitrogens is 3. The van der Waals surface area contributed by atoms with Crippen molar-refractivity contribution in [3.8, 4) is 11.5 Å². The molecular formula is C25H20N4O2. The highest BCUT2D eigenvalue weighted by Gasteiger charge is 2.40. The standard InChI is InChI=1S/C25H20N4O2/c1-30-18-11-7-10-17(14-18)24-21-22(19-12-5-6-13-20(19)31-24)28-25-26-15-27-29(25)23(21)16-8-3-2-4-9-16/h2-15,23-24H,1H3,(H,26,27,28). The number of fused-ring (bicyclic) bond motifs is 3. The van der Waals surface area contributed by atoms with Crippen LogP contribution in [-0.2, 0) is 0 Å². The van der Waals surface area contributed by atoms with Gasteiger partial charge in [-0.2, -0.15) is 10.1 Å². The van der Waals surface area contributed by atoms with Crippen LogP contribution in [0.15, 0.2) is 90.8 Å². The third kappa shape index (κ3) is 2.79. The summed E-state index contributed by atoms with van der Waals surface area (Å²) in [5, 5.41) is 8.07. The first-order chi connectivity index (χ1) is 15.3. The van der Waals surface area contributed by atoms with Crippen LogP contribution < -0.4 is 14.8 Å². The smallest absolute Gasteiger partial charge is 0.226 e. The lowest BCUT2D eigenvalue weighted by Crippen LogP contribution is -2.32. The third-order valence-electron chi connectivity index (χ3n) is 5.83. The van der Waals surface area contributed by atoms with Gasteiger partial charge >= 0.3 is 0 Å². The summed E-state index contributed by atoms with van der Waals surface area (Å²) >= 11 is 0. The summed E-state index contributed by atoms with van der Waals surface area (Å²) in [7, 11) is 1.68. The van der Waals surface area contributed by atoms with Crippen molar-refractivity contribution in [1.82, 2.24) is 14.8 Å². The van der Waals surface area contributed by atoms with Crippen molar-refractivity contribution >= 4 is 11.6 Å². The zero-order valence-corrected chi connectivity index (χ0v) is 16.9. The topological polar surface area (TPSA) is 61.2 Å². The number of nitrogens with one attached hydrogen (secondary N) is 1. The van der Waals surface area contributed by atoms with Gasteiger partial charge in [-0.1, -0.05) is 54.6 Å². The van der Waals surface area contributed by atoms with Gasteiger partial charge in [0.2, 0.25) is 5.95 Å². The predicted octanol–water partition coefficient (Wildman–Crippen LogP) is 4.85. The van der Waals surface area contributed by atoms with Crippen molar-refractivity contribution in [2.45, 2.75) is 12.1 Å². The molecule has 4 aromatic rings. The molecule has 1 aromatic heterocycles. The van der Waals surface area contributed by atoms with E-state index in [0.717, 1.165) is 39.5 Å². The Balaban J connectivity index is 1.62. The predicted molar refractivity (Wildman–Crippen MR) is 118 cm³/mol. The van der Waals surface area contributed by atoms with Crippen LogP contribution in [0.3, 0.4) is 0 Å². The average molecular weight is 408 g/mol. The van der Waals surface area contributed by atoms with E-state index in [9.17, 15) is 0 Å². The minimum absolute atomic E-state index is 0.153. The van der Waals surface area contributed by atoms with Crippen LogP contribution in [0.2, 0.25) is 0 Å². The zero-order valence-electron chi connectivity index (χ0n) is 16.9. The van der Waals surface area contributed by atoms with Crippen molar-refractivity contribution in [2.75, 3.05) is 12.4 Å². The average Bonchev–Trinajstić information content (AvgIpc) is 3.31. The molecule has 0 saturated carbocycles. The molecule has 6 rings (SSSR count). The summed E-state index contributed by atoms with van der Waals surface area (Å²) in [5.41, 5.74) is 5.28. The number of para-hydroxylation sites is 1. The summed E-state index contributed by atoms with van der Waals surface area (Å²) in [6, 6.07) is 26.3. The molecule has 1 N–H and O–H groups in total. The van der Waals surface area contributed by atoms with Crippen LogP contribution in [0.25, 0.3) is 5.70 Å². The van der Waals surface area contributed by atoms with E-state index in [1.165, 1.54) is 0 Å². The molecule has 0 fully saturated rings. The van der Waals surface area contributed by atoms with Crippen molar-refractivity contribution < 1.29 is 9.47 Å². The highest BCUT2D eigenvalue weighted by atomic mass is 16.5. The van der Waals surface area contributed by atoms with Gasteiger partial charge in [-0.25, -0.2) is 4.68 Å². The van der Waals surface area contributed by atoms with Gasteiger partial charge in [0.1, 0.15) is 30.0 Å². The Morgan fingerprint density at radius 3 is 2.61 bits per heavy atom. The molecule has 2 atom stereocenters. The third-order valence-corrected chi connectivity index (χ3v) is 5.83. The summed E-state index contributed by atoms with van der Waals surface area (Å²) in [5.74, 6) is 2.35. The first kappa shape index (κ1) is 17.8. The van der Waals surface area contributed by atoms with Crippen LogP contribution in [-0.4, -0.2) is 21.9 Å². The molecule has 6 heteroatoms. The Labute approximate surface area is 179 Å². The molecule has 152 valence electrons. The lowest BCUT2D eigenvalue weighted by atomic mass is 9.84. The van der Waals surface area contributed by atoms with Crippen LogP contribution in [0, 0.1) is 0 Å². The molecular weight excluding hydrogens is 388 g/mol. The van der Waals surface area contributed by atoms with Gasteiger partial charge in [-0.3, -0.25) is 0 Å². The molecule has 2 unspecified atom stereocenters. The van der Waals surface area contributed by atoms with Crippen LogP contribution in [0.1, 0.15) is 28.8 Å².